The molecule has 3 heterocycles. The second-order valence-corrected chi connectivity index (χ2v) is 8.68. The van der Waals surface area contributed by atoms with Crippen molar-refractivity contribution < 1.29 is 14.6 Å². The first-order valence-corrected chi connectivity index (χ1v) is 11.4. The predicted molar refractivity (Wildman–Crippen MR) is 131 cm³/mol. The van der Waals surface area contributed by atoms with Gasteiger partial charge in [-0.1, -0.05) is 17.7 Å². The summed E-state index contributed by atoms with van der Waals surface area (Å²) >= 11 is 11.8. The van der Waals surface area contributed by atoms with E-state index < -0.39 is 0 Å². The van der Waals surface area contributed by atoms with Crippen LogP contribution in [0.4, 0.5) is 0 Å². The Morgan fingerprint density at radius 3 is 2.76 bits per heavy atom. The maximum absolute atomic E-state index is 12.4. The van der Waals surface area contributed by atoms with Crippen LogP contribution in [0.5, 0.6) is 5.75 Å². The van der Waals surface area contributed by atoms with Gasteiger partial charge in [0.2, 0.25) is 0 Å². The molecule has 172 valence electrons. The molecular formula is C24H25ClN4O3S. The Kier molecular flexibility index (Phi) is 6.58. The number of ether oxygens (including phenoxy) is 1. The summed E-state index contributed by atoms with van der Waals surface area (Å²) in [5.74, 6) is -0.230. The number of aromatic hydroxyl groups is 1. The largest absolute Gasteiger partial charge is 0.506 e. The van der Waals surface area contributed by atoms with Gasteiger partial charge < -0.3 is 24.6 Å². The number of nitrogens with one attached hydrogen (secondary N) is 1. The zero-order valence-corrected chi connectivity index (χ0v) is 20.2. The lowest BCUT2D eigenvalue weighted by atomic mass is 9.97. The van der Waals surface area contributed by atoms with Crippen LogP contribution in [0, 0.1) is 13.8 Å². The topological polar surface area (TPSA) is 79.6 Å². The molecule has 9 heteroatoms. The van der Waals surface area contributed by atoms with Gasteiger partial charge in [0, 0.05) is 22.6 Å². The molecule has 0 amide bonds. The third kappa shape index (κ3) is 4.41. The molecule has 0 bridgehead atoms. The number of carbonyl (C=O) groups is 1. The van der Waals surface area contributed by atoms with Crippen molar-refractivity contribution in [3.05, 3.63) is 76.3 Å². The fraction of sp³-hybridized carbons (Fsp3) is 0.292. The van der Waals surface area contributed by atoms with Gasteiger partial charge in [0.15, 0.2) is 5.11 Å². The molecule has 0 unspecified atom stereocenters. The molecular weight excluding hydrogens is 460 g/mol. The van der Waals surface area contributed by atoms with E-state index in [1.54, 1.807) is 31.3 Å². The van der Waals surface area contributed by atoms with Gasteiger partial charge in [-0.25, -0.2) is 0 Å². The average Bonchev–Trinajstić information content (AvgIpc) is 3.26. The third-order valence-corrected chi connectivity index (χ3v) is 6.36. The number of aromatic nitrogens is 2. The number of esters is 1. The molecule has 0 saturated carbocycles. The number of rotatable bonds is 6. The summed E-state index contributed by atoms with van der Waals surface area (Å²) in [5.41, 5.74) is 4.17. The number of thiocarbonyl (C=S) groups is 1. The van der Waals surface area contributed by atoms with E-state index in [0.29, 0.717) is 22.4 Å². The van der Waals surface area contributed by atoms with Crippen LogP contribution in [0.2, 0.25) is 5.02 Å². The first-order chi connectivity index (χ1) is 15.8. The van der Waals surface area contributed by atoms with Crippen molar-refractivity contribution in [1.82, 2.24) is 19.8 Å². The molecule has 4 rings (SSSR count). The number of hydrogen-bond acceptors (Lipinski definition) is 5. The van der Waals surface area contributed by atoms with Crippen LogP contribution in [-0.2, 0) is 9.53 Å². The Bertz CT molecular complexity index is 1200. The minimum absolute atomic E-state index is 0.0136. The quantitative estimate of drug-likeness (QED) is 0.397. The molecule has 2 N–H and O–H groups in total. The van der Waals surface area contributed by atoms with E-state index in [9.17, 15) is 9.90 Å². The third-order valence-electron chi connectivity index (χ3n) is 5.77. The van der Waals surface area contributed by atoms with Crippen molar-refractivity contribution in [3.8, 4) is 11.4 Å². The molecule has 1 aromatic carbocycles. The number of phenols is 1. The van der Waals surface area contributed by atoms with Gasteiger partial charge in [0.1, 0.15) is 12.3 Å². The molecule has 0 spiro atoms. The van der Waals surface area contributed by atoms with E-state index in [-0.39, 0.29) is 30.3 Å². The maximum atomic E-state index is 12.4. The van der Waals surface area contributed by atoms with Crippen LogP contribution in [0.3, 0.4) is 0 Å². The molecule has 2 aromatic heterocycles. The SMILES string of the molecule is CCOC(=O)CN1C(=S)N[C@@H](c2ccccn2)[C@H]1c1cc(C)n(-c2cc(Cl)ccc2O)c1C. The van der Waals surface area contributed by atoms with Crippen molar-refractivity contribution >= 4 is 34.9 Å². The number of carbonyl (C=O) groups excluding carboxylic acids is 1. The first kappa shape index (κ1) is 23.1. The van der Waals surface area contributed by atoms with Crippen LogP contribution in [0.1, 0.15) is 41.7 Å². The molecule has 1 saturated heterocycles. The van der Waals surface area contributed by atoms with Gasteiger partial charge in [-0.3, -0.25) is 9.78 Å². The summed E-state index contributed by atoms with van der Waals surface area (Å²) in [5, 5.41) is 14.8. The lowest BCUT2D eigenvalue weighted by Gasteiger charge is -2.27. The normalized spacial score (nSPS) is 17.8. The van der Waals surface area contributed by atoms with E-state index >= 15 is 0 Å². The van der Waals surface area contributed by atoms with Gasteiger partial charge in [-0.15, -0.1) is 0 Å². The van der Waals surface area contributed by atoms with E-state index in [1.165, 1.54) is 0 Å². The van der Waals surface area contributed by atoms with Crippen molar-refractivity contribution in [3.63, 3.8) is 0 Å². The molecule has 1 fully saturated rings. The molecule has 3 aromatic rings. The number of halogens is 1. The van der Waals surface area contributed by atoms with Crippen molar-refractivity contribution in [2.45, 2.75) is 32.9 Å². The number of phenolic OH excluding ortho intramolecular Hbond substituents is 1. The Balaban J connectivity index is 1.84. The summed E-state index contributed by atoms with van der Waals surface area (Å²) in [6.07, 6.45) is 1.73. The van der Waals surface area contributed by atoms with Crippen LogP contribution >= 0.6 is 23.8 Å². The highest BCUT2D eigenvalue weighted by Gasteiger charge is 2.42. The fourth-order valence-electron chi connectivity index (χ4n) is 4.39. The standard InChI is InChI=1S/C24H25ClN4O3S/c1-4-32-21(31)13-28-23(22(27-24(28)33)18-7-5-6-10-26-18)17-11-14(2)29(15(17)3)19-12-16(25)8-9-20(19)30/h5-12,22-23,30H,4,13H2,1-3H3,(H,27,33)/t22-,23+/m0/s1. The van der Waals surface area contributed by atoms with E-state index in [4.69, 9.17) is 28.6 Å². The fourth-order valence-corrected chi connectivity index (χ4v) is 4.86. The summed E-state index contributed by atoms with van der Waals surface area (Å²) in [4.78, 5) is 18.8. The molecule has 0 aliphatic carbocycles. The minimum atomic E-state index is -0.352. The zero-order chi connectivity index (χ0) is 23.7. The van der Waals surface area contributed by atoms with E-state index in [1.807, 2.05) is 47.6 Å². The Hall–Kier alpha value is -3.10. The number of aryl methyl sites for hydroxylation is 1. The number of benzene rings is 1. The van der Waals surface area contributed by atoms with Crippen LogP contribution in [0.15, 0.2) is 48.7 Å². The van der Waals surface area contributed by atoms with Crippen molar-refractivity contribution in [1.29, 1.82) is 0 Å². The number of pyridine rings is 1. The number of hydrogen-bond donors (Lipinski definition) is 2. The molecule has 2 atom stereocenters. The van der Waals surface area contributed by atoms with Crippen LogP contribution in [-0.4, -0.2) is 43.8 Å². The lowest BCUT2D eigenvalue weighted by molar-refractivity contribution is -0.143. The highest BCUT2D eigenvalue weighted by Crippen LogP contribution is 2.42. The minimum Gasteiger partial charge on any atom is -0.506 e. The van der Waals surface area contributed by atoms with Gasteiger partial charge in [-0.2, -0.15) is 0 Å². The smallest absolute Gasteiger partial charge is 0.325 e. The summed E-state index contributed by atoms with van der Waals surface area (Å²) in [7, 11) is 0. The van der Waals surface area contributed by atoms with E-state index in [2.05, 4.69) is 10.3 Å². The summed E-state index contributed by atoms with van der Waals surface area (Å²) in [6.45, 7) is 6.02. The maximum Gasteiger partial charge on any atom is 0.325 e. The first-order valence-electron chi connectivity index (χ1n) is 10.6. The predicted octanol–water partition coefficient (Wildman–Crippen LogP) is 4.38. The van der Waals surface area contributed by atoms with Crippen LogP contribution < -0.4 is 5.32 Å². The van der Waals surface area contributed by atoms with Gasteiger partial charge >= 0.3 is 5.97 Å². The molecule has 0 radical (unpaired) electrons. The van der Waals surface area contributed by atoms with E-state index in [0.717, 1.165) is 22.6 Å². The average molecular weight is 485 g/mol. The van der Waals surface area contributed by atoms with Crippen LogP contribution in [0.25, 0.3) is 5.69 Å². The monoisotopic (exact) mass is 484 g/mol. The van der Waals surface area contributed by atoms with Crippen molar-refractivity contribution in [2.24, 2.45) is 0 Å². The second-order valence-electron chi connectivity index (χ2n) is 7.85. The highest BCUT2D eigenvalue weighted by atomic mass is 35.5. The van der Waals surface area contributed by atoms with Gasteiger partial charge in [0.25, 0.3) is 0 Å². The highest BCUT2D eigenvalue weighted by molar-refractivity contribution is 7.80. The molecule has 7 nitrogen and oxygen atoms in total. The summed E-state index contributed by atoms with van der Waals surface area (Å²) in [6, 6.07) is 12.1. The van der Waals surface area contributed by atoms with Crippen molar-refractivity contribution in [2.75, 3.05) is 13.2 Å². The Morgan fingerprint density at radius 1 is 1.27 bits per heavy atom. The zero-order valence-electron chi connectivity index (χ0n) is 18.6. The Labute approximate surface area is 203 Å². The molecule has 1 aliphatic heterocycles. The molecule has 1 aliphatic rings. The van der Waals surface area contributed by atoms with Gasteiger partial charge in [-0.05, 0) is 75.0 Å². The molecule has 33 heavy (non-hydrogen) atoms. The Morgan fingerprint density at radius 2 is 2.06 bits per heavy atom. The van der Waals surface area contributed by atoms with Gasteiger partial charge in [0.05, 0.1) is 30.1 Å². The number of nitrogens with zero attached hydrogens (tertiary/aromatic N) is 3. The summed E-state index contributed by atoms with van der Waals surface area (Å²) < 4.78 is 7.15. The second kappa shape index (κ2) is 9.41. The lowest BCUT2D eigenvalue weighted by Crippen LogP contribution is -2.35.